The lowest BCUT2D eigenvalue weighted by Gasteiger charge is -2.14. The number of carbonyl (C=O) groups is 2. The molecule has 0 aliphatic heterocycles. The number of hydrogen-bond acceptors (Lipinski definition) is 3. The number of benzene rings is 1. The van der Waals surface area contributed by atoms with Crippen LogP contribution in [0, 0.1) is 6.92 Å². The van der Waals surface area contributed by atoms with E-state index in [-0.39, 0.29) is 13.0 Å². The smallest absolute Gasteiger partial charge is 0.326 e. The Morgan fingerprint density at radius 2 is 2.00 bits per heavy atom. The highest BCUT2D eigenvalue weighted by Gasteiger charge is 2.18. The number of aliphatic carboxylic acids is 1. The number of urea groups is 1. The van der Waals surface area contributed by atoms with Crippen molar-refractivity contribution in [3.63, 3.8) is 0 Å². The van der Waals surface area contributed by atoms with Gasteiger partial charge in [-0.1, -0.05) is 24.3 Å². The van der Waals surface area contributed by atoms with Crippen LogP contribution in [0.5, 0.6) is 0 Å². The molecule has 0 radical (unpaired) electrons. The predicted octanol–water partition coefficient (Wildman–Crippen LogP) is 0.672. The molecule has 0 saturated heterocycles. The van der Waals surface area contributed by atoms with Gasteiger partial charge >= 0.3 is 12.0 Å². The molecule has 20 heavy (non-hydrogen) atoms. The highest BCUT2D eigenvalue weighted by molar-refractivity contribution is 5.82. The molecule has 0 heterocycles. The van der Waals surface area contributed by atoms with Crippen LogP contribution in [0.3, 0.4) is 0 Å². The lowest BCUT2D eigenvalue weighted by atomic mass is 10.1. The number of aliphatic hydroxyl groups is 1. The maximum atomic E-state index is 11.5. The fraction of sp³-hybridized carbons (Fsp3) is 0.429. The van der Waals surface area contributed by atoms with Crippen LogP contribution >= 0.6 is 0 Å². The Morgan fingerprint density at radius 1 is 1.30 bits per heavy atom. The number of aliphatic hydroxyl groups excluding tert-OH is 1. The van der Waals surface area contributed by atoms with Crippen LogP contribution in [0.15, 0.2) is 24.3 Å². The molecule has 2 amide bonds. The normalized spacial score (nSPS) is 11.7. The summed E-state index contributed by atoms with van der Waals surface area (Å²) in [6.45, 7) is 2.12. The summed E-state index contributed by atoms with van der Waals surface area (Å²) in [5, 5.41) is 22.5. The van der Waals surface area contributed by atoms with Gasteiger partial charge in [0, 0.05) is 19.6 Å². The highest BCUT2D eigenvalue weighted by atomic mass is 16.4. The van der Waals surface area contributed by atoms with Crippen molar-refractivity contribution in [2.45, 2.75) is 25.8 Å². The minimum atomic E-state index is -1.16. The second-order valence-electron chi connectivity index (χ2n) is 4.48. The van der Waals surface area contributed by atoms with Gasteiger partial charge in [-0.3, -0.25) is 0 Å². The lowest BCUT2D eigenvalue weighted by Crippen LogP contribution is -2.46. The molecule has 4 N–H and O–H groups in total. The van der Waals surface area contributed by atoms with E-state index in [4.69, 9.17) is 10.2 Å². The summed E-state index contributed by atoms with van der Waals surface area (Å²) < 4.78 is 0. The molecular weight excluding hydrogens is 260 g/mol. The molecule has 0 spiro atoms. The average molecular weight is 280 g/mol. The number of rotatable bonds is 7. The number of hydrogen-bond donors (Lipinski definition) is 4. The number of aryl methyl sites for hydroxylation is 1. The third-order valence-electron chi connectivity index (χ3n) is 2.96. The first-order chi connectivity index (χ1) is 9.54. The minimum Gasteiger partial charge on any atom is -0.480 e. The van der Waals surface area contributed by atoms with Crippen molar-refractivity contribution in [2.24, 2.45) is 0 Å². The number of carboxylic acid groups (broad SMARTS) is 1. The zero-order valence-electron chi connectivity index (χ0n) is 11.4. The quantitative estimate of drug-likeness (QED) is 0.590. The summed E-state index contributed by atoms with van der Waals surface area (Å²) in [6, 6.07) is 6.26. The Hall–Kier alpha value is -2.08. The zero-order valence-corrected chi connectivity index (χ0v) is 11.4. The van der Waals surface area contributed by atoms with E-state index in [1.807, 2.05) is 31.2 Å². The summed E-state index contributed by atoms with van der Waals surface area (Å²) in [6.07, 6.45) is 0.665. The van der Waals surface area contributed by atoms with Crippen LogP contribution in [-0.2, 0) is 11.2 Å². The van der Waals surface area contributed by atoms with Crippen LogP contribution < -0.4 is 10.6 Å². The van der Waals surface area contributed by atoms with Gasteiger partial charge in [0.15, 0.2) is 0 Å². The minimum absolute atomic E-state index is 0.0133. The monoisotopic (exact) mass is 280 g/mol. The summed E-state index contributed by atoms with van der Waals surface area (Å²) >= 11 is 0. The van der Waals surface area contributed by atoms with Gasteiger partial charge in [0.05, 0.1) is 0 Å². The maximum Gasteiger partial charge on any atom is 0.326 e. The molecule has 1 aromatic rings. The Morgan fingerprint density at radius 3 is 2.60 bits per heavy atom. The number of amides is 2. The van der Waals surface area contributed by atoms with E-state index >= 15 is 0 Å². The molecule has 6 heteroatoms. The van der Waals surface area contributed by atoms with E-state index in [0.29, 0.717) is 13.0 Å². The standard InChI is InChI=1S/C14H20N2O4/c1-10-4-2-3-5-11(10)6-8-15-14(20)16-12(7-9-17)13(18)19/h2-5,12,17H,6-9H2,1H3,(H,18,19)(H2,15,16,20)/t12-/m1/s1. The molecule has 0 aliphatic rings. The maximum absolute atomic E-state index is 11.5. The molecular formula is C14H20N2O4. The molecule has 0 fully saturated rings. The Labute approximate surface area is 117 Å². The summed E-state index contributed by atoms with van der Waals surface area (Å²) in [7, 11) is 0. The zero-order chi connectivity index (χ0) is 15.0. The van der Waals surface area contributed by atoms with Crippen LogP contribution in [0.25, 0.3) is 0 Å². The molecule has 6 nitrogen and oxygen atoms in total. The van der Waals surface area contributed by atoms with Crippen molar-refractivity contribution in [1.82, 2.24) is 10.6 Å². The van der Waals surface area contributed by atoms with Crippen LogP contribution in [0.2, 0.25) is 0 Å². The van der Waals surface area contributed by atoms with Gasteiger partial charge in [0.2, 0.25) is 0 Å². The fourth-order valence-electron chi connectivity index (χ4n) is 1.80. The average Bonchev–Trinajstić information content (AvgIpc) is 2.40. The van der Waals surface area contributed by atoms with Crippen molar-refractivity contribution < 1.29 is 19.8 Å². The van der Waals surface area contributed by atoms with Crippen LogP contribution in [0.1, 0.15) is 17.5 Å². The molecule has 1 atom stereocenters. The van der Waals surface area contributed by atoms with E-state index in [1.54, 1.807) is 0 Å². The first-order valence-electron chi connectivity index (χ1n) is 6.47. The lowest BCUT2D eigenvalue weighted by molar-refractivity contribution is -0.139. The summed E-state index contributed by atoms with van der Waals surface area (Å²) in [5.74, 6) is -1.16. The number of nitrogens with one attached hydrogen (secondary N) is 2. The predicted molar refractivity (Wildman–Crippen MR) is 74.5 cm³/mol. The molecule has 110 valence electrons. The van der Waals surface area contributed by atoms with Gasteiger partial charge in [-0.05, 0) is 24.5 Å². The number of carbonyl (C=O) groups excluding carboxylic acids is 1. The largest absolute Gasteiger partial charge is 0.480 e. The summed E-state index contributed by atoms with van der Waals surface area (Å²) in [5.41, 5.74) is 2.29. The van der Waals surface area contributed by atoms with Gasteiger partial charge in [-0.2, -0.15) is 0 Å². The fourth-order valence-corrected chi connectivity index (χ4v) is 1.80. The molecule has 0 bridgehead atoms. The van der Waals surface area contributed by atoms with Gasteiger partial charge < -0.3 is 20.8 Å². The molecule has 0 saturated carbocycles. The Balaban J connectivity index is 2.36. The molecule has 0 aliphatic carbocycles. The van der Waals surface area contributed by atoms with E-state index in [1.165, 1.54) is 0 Å². The Bertz CT molecular complexity index is 462. The van der Waals surface area contributed by atoms with Gasteiger partial charge in [-0.25, -0.2) is 9.59 Å². The van der Waals surface area contributed by atoms with Gasteiger partial charge in [-0.15, -0.1) is 0 Å². The highest BCUT2D eigenvalue weighted by Crippen LogP contribution is 2.06. The van der Waals surface area contributed by atoms with Gasteiger partial charge in [0.1, 0.15) is 6.04 Å². The molecule has 1 rings (SSSR count). The SMILES string of the molecule is Cc1ccccc1CCNC(=O)N[C@H](CCO)C(=O)O. The van der Waals surface area contributed by atoms with E-state index < -0.39 is 18.0 Å². The first-order valence-corrected chi connectivity index (χ1v) is 6.47. The van der Waals surface area contributed by atoms with E-state index in [2.05, 4.69) is 10.6 Å². The number of carboxylic acids is 1. The first kappa shape index (κ1) is 16.0. The van der Waals surface area contributed by atoms with E-state index in [9.17, 15) is 9.59 Å². The molecule has 0 aromatic heterocycles. The van der Waals surface area contributed by atoms with Gasteiger partial charge in [0.25, 0.3) is 0 Å². The van der Waals surface area contributed by atoms with Crippen molar-refractivity contribution in [3.05, 3.63) is 35.4 Å². The van der Waals surface area contributed by atoms with Crippen molar-refractivity contribution in [1.29, 1.82) is 0 Å². The third-order valence-corrected chi connectivity index (χ3v) is 2.96. The Kier molecular flexibility index (Phi) is 6.52. The van der Waals surface area contributed by atoms with Crippen molar-refractivity contribution in [2.75, 3.05) is 13.2 Å². The summed E-state index contributed by atoms with van der Waals surface area (Å²) in [4.78, 5) is 22.4. The van der Waals surface area contributed by atoms with E-state index in [0.717, 1.165) is 11.1 Å². The third kappa shape index (κ3) is 5.27. The topological polar surface area (TPSA) is 98.7 Å². The van der Waals surface area contributed by atoms with Crippen LogP contribution in [-0.4, -0.2) is 41.4 Å². The van der Waals surface area contributed by atoms with Crippen molar-refractivity contribution in [3.8, 4) is 0 Å². The second kappa shape index (κ2) is 8.16. The molecule has 0 unspecified atom stereocenters. The van der Waals surface area contributed by atoms with Crippen LogP contribution in [0.4, 0.5) is 4.79 Å². The second-order valence-corrected chi connectivity index (χ2v) is 4.48. The molecule has 1 aromatic carbocycles. The van der Waals surface area contributed by atoms with Crippen molar-refractivity contribution >= 4 is 12.0 Å².